The molecule has 0 radical (unpaired) electrons. The molecule has 0 atom stereocenters. The maximum Gasteiger partial charge on any atom is 0.227 e. The summed E-state index contributed by atoms with van der Waals surface area (Å²) in [7, 11) is 1.04. The third-order valence-electron chi connectivity index (χ3n) is 3.89. The Morgan fingerprint density at radius 2 is 1.65 bits per heavy atom. The van der Waals surface area contributed by atoms with E-state index in [1.807, 2.05) is 0 Å². The van der Waals surface area contributed by atoms with Crippen molar-refractivity contribution >= 4 is 33.0 Å². The average Bonchev–Trinajstić information content (AvgIpc) is 2.65. The van der Waals surface area contributed by atoms with Crippen LogP contribution in [0, 0.1) is 0 Å². The predicted molar refractivity (Wildman–Crippen MR) is 101 cm³/mol. The van der Waals surface area contributed by atoms with Crippen LogP contribution in [0.15, 0.2) is 47.4 Å². The lowest BCUT2D eigenvalue weighted by atomic mass is 10.2. The van der Waals surface area contributed by atoms with Crippen LogP contribution >= 0.6 is 11.6 Å². The minimum absolute atomic E-state index is 0.142. The number of nitrogens with zero attached hydrogens (tertiary/aromatic N) is 1. The zero-order chi connectivity index (χ0) is 19.3. The van der Waals surface area contributed by atoms with Crippen LogP contribution < -0.4 is 14.4 Å². The van der Waals surface area contributed by atoms with E-state index < -0.39 is 9.84 Å². The standard InChI is InChI=1S/C18H20ClNO5S/c1-20(14-6-9-16(24-2)17(12-14)25-3)18(21)10-11-26(22,23)15-7-4-13(19)5-8-15/h4-9,12H,10-11H2,1-3H3. The number of ether oxygens (including phenoxy) is 2. The normalized spacial score (nSPS) is 11.1. The van der Waals surface area contributed by atoms with Gasteiger partial charge >= 0.3 is 0 Å². The Hall–Kier alpha value is -2.25. The maximum absolute atomic E-state index is 12.4. The number of amides is 1. The van der Waals surface area contributed by atoms with Crippen molar-refractivity contribution in [1.29, 1.82) is 0 Å². The van der Waals surface area contributed by atoms with Gasteiger partial charge in [0.2, 0.25) is 5.91 Å². The Bertz CT molecular complexity index is 881. The van der Waals surface area contributed by atoms with Crippen LogP contribution in [0.3, 0.4) is 0 Å². The van der Waals surface area contributed by atoms with E-state index >= 15 is 0 Å². The van der Waals surface area contributed by atoms with Gasteiger partial charge in [-0.15, -0.1) is 0 Å². The topological polar surface area (TPSA) is 72.9 Å². The molecule has 26 heavy (non-hydrogen) atoms. The summed E-state index contributed by atoms with van der Waals surface area (Å²) >= 11 is 5.77. The van der Waals surface area contributed by atoms with Crippen LogP contribution in [-0.2, 0) is 14.6 Å². The molecule has 0 aliphatic carbocycles. The fourth-order valence-corrected chi connectivity index (χ4v) is 3.68. The Labute approximate surface area is 158 Å². The van der Waals surface area contributed by atoms with Gasteiger partial charge in [0.15, 0.2) is 21.3 Å². The summed E-state index contributed by atoms with van der Waals surface area (Å²) in [5, 5.41) is 0.452. The molecule has 0 aliphatic rings. The minimum atomic E-state index is -3.56. The molecular formula is C18H20ClNO5S. The summed E-state index contributed by atoms with van der Waals surface area (Å²) in [6.07, 6.45) is -0.143. The van der Waals surface area contributed by atoms with E-state index in [1.54, 1.807) is 25.2 Å². The van der Waals surface area contributed by atoms with E-state index in [1.165, 1.54) is 43.4 Å². The van der Waals surface area contributed by atoms with E-state index in [0.717, 1.165) is 0 Å². The number of carbonyl (C=O) groups excluding carboxylic acids is 1. The highest BCUT2D eigenvalue weighted by Gasteiger charge is 2.19. The third-order valence-corrected chi connectivity index (χ3v) is 5.87. The molecule has 0 unspecified atom stereocenters. The second-order valence-corrected chi connectivity index (χ2v) is 8.06. The lowest BCUT2D eigenvalue weighted by Gasteiger charge is -2.19. The zero-order valence-electron chi connectivity index (χ0n) is 14.7. The van der Waals surface area contributed by atoms with E-state index in [2.05, 4.69) is 0 Å². The fraction of sp³-hybridized carbons (Fsp3) is 0.278. The molecule has 0 saturated carbocycles. The van der Waals surface area contributed by atoms with Crippen molar-refractivity contribution in [2.75, 3.05) is 31.9 Å². The van der Waals surface area contributed by atoms with Crippen molar-refractivity contribution in [3.8, 4) is 11.5 Å². The molecule has 0 spiro atoms. The van der Waals surface area contributed by atoms with Gasteiger partial charge in [-0.1, -0.05) is 11.6 Å². The molecule has 2 rings (SSSR count). The van der Waals surface area contributed by atoms with Gasteiger partial charge in [-0.3, -0.25) is 4.79 Å². The molecule has 0 heterocycles. The number of halogens is 1. The molecule has 1 amide bonds. The van der Waals surface area contributed by atoms with Crippen LogP contribution in [0.1, 0.15) is 6.42 Å². The number of hydrogen-bond acceptors (Lipinski definition) is 5. The summed E-state index contributed by atoms with van der Waals surface area (Å²) in [5.74, 6) is 0.418. The molecule has 0 fully saturated rings. The van der Waals surface area contributed by atoms with Gasteiger partial charge < -0.3 is 14.4 Å². The number of sulfone groups is 1. The largest absolute Gasteiger partial charge is 0.493 e. The maximum atomic E-state index is 12.4. The minimum Gasteiger partial charge on any atom is -0.493 e. The first-order valence-electron chi connectivity index (χ1n) is 7.75. The first-order valence-corrected chi connectivity index (χ1v) is 9.78. The smallest absolute Gasteiger partial charge is 0.227 e. The van der Waals surface area contributed by atoms with Crippen LogP contribution in [0.5, 0.6) is 11.5 Å². The molecule has 8 heteroatoms. The molecule has 2 aromatic rings. The van der Waals surface area contributed by atoms with E-state index in [9.17, 15) is 13.2 Å². The van der Waals surface area contributed by atoms with Crippen LogP contribution in [0.25, 0.3) is 0 Å². The van der Waals surface area contributed by atoms with Gasteiger partial charge in [-0.05, 0) is 36.4 Å². The van der Waals surface area contributed by atoms with Gasteiger partial charge in [0.25, 0.3) is 0 Å². The second kappa shape index (κ2) is 8.42. The molecular weight excluding hydrogens is 378 g/mol. The highest BCUT2D eigenvalue weighted by molar-refractivity contribution is 7.91. The summed E-state index contributed by atoms with van der Waals surface area (Å²) in [6.45, 7) is 0. The lowest BCUT2D eigenvalue weighted by molar-refractivity contribution is -0.117. The highest BCUT2D eigenvalue weighted by Crippen LogP contribution is 2.31. The summed E-state index contributed by atoms with van der Waals surface area (Å²) in [5.41, 5.74) is 0.580. The zero-order valence-corrected chi connectivity index (χ0v) is 16.3. The SMILES string of the molecule is COc1ccc(N(C)C(=O)CCS(=O)(=O)c2ccc(Cl)cc2)cc1OC. The average molecular weight is 398 g/mol. The molecule has 0 aliphatic heterocycles. The second-order valence-electron chi connectivity index (χ2n) is 5.51. The van der Waals surface area contributed by atoms with Crippen LogP contribution in [0.4, 0.5) is 5.69 Å². The van der Waals surface area contributed by atoms with Gasteiger partial charge in [0, 0.05) is 30.2 Å². The predicted octanol–water partition coefficient (Wildman–Crippen LogP) is 3.18. The van der Waals surface area contributed by atoms with Gasteiger partial charge in [0.05, 0.1) is 24.9 Å². The van der Waals surface area contributed by atoms with Crippen molar-refractivity contribution in [3.05, 3.63) is 47.5 Å². The molecule has 0 N–H and O–H groups in total. The quantitative estimate of drug-likeness (QED) is 0.717. The van der Waals surface area contributed by atoms with Crippen molar-refractivity contribution in [2.45, 2.75) is 11.3 Å². The van der Waals surface area contributed by atoms with Crippen molar-refractivity contribution < 1.29 is 22.7 Å². The number of carbonyl (C=O) groups is 1. The molecule has 0 aromatic heterocycles. The van der Waals surface area contributed by atoms with Gasteiger partial charge in [-0.25, -0.2) is 8.42 Å². The van der Waals surface area contributed by atoms with Gasteiger partial charge in [-0.2, -0.15) is 0 Å². The fourth-order valence-electron chi connectivity index (χ4n) is 2.33. The summed E-state index contributed by atoms with van der Waals surface area (Å²) in [4.78, 5) is 13.9. The van der Waals surface area contributed by atoms with E-state index in [-0.39, 0.29) is 23.0 Å². The molecule has 2 aromatic carbocycles. The Kier molecular flexibility index (Phi) is 6.50. The third kappa shape index (κ3) is 4.68. The summed E-state index contributed by atoms with van der Waals surface area (Å²) < 4.78 is 35.1. The molecule has 6 nitrogen and oxygen atoms in total. The molecule has 140 valence electrons. The lowest BCUT2D eigenvalue weighted by Crippen LogP contribution is -2.28. The van der Waals surface area contributed by atoms with E-state index in [4.69, 9.17) is 21.1 Å². The number of methoxy groups -OCH3 is 2. The monoisotopic (exact) mass is 397 g/mol. The first kappa shape index (κ1) is 20.1. The van der Waals surface area contributed by atoms with Crippen LogP contribution in [-0.4, -0.2) is 41.3 Å². The van der Waals surface area contributed by atoms with Crippen LogP contribution in [0.2, 0.25) is 5.02 Å². The first-order chi connectivity index (χ1) is 12.3. The number of hydrogen-bond donors (Lipinski definition) is 0. The highest BCUT2D eigenvalue weighted by atomic mass is 35.5. The summed E-state index contributed by atoms with van der Waals surface area (Å²) in [6, 6.07) is 10.9. The Morgan fingerprint density at radius 1 is 1.04 bits per heavy atom. The van der Waals surface area contributed by atoms with Crippen molar-refractivity contribution in [2.24, 2.45) is 0 Å². The number of rotatable bonds is 7. The Morgan fingerprint density at radius 3 is 2.23 bits per heavy atom. The van der Waals surface area contributed by atoms with Crippen molar-refractivity contribution in [1.82, 2.24) is 0 Å². The number of anilines is 1. The Balaban J connectivity index is 2.08. The molecule has 0 saturated heterocycles. The molecule has 0 bridgehead atoms. The van der Waals surface area contributed by atoms with Gasteiger partial charge in [0.1, 0.15) is 0 Å². The number of benzene rings is 2. The van der Waals surface area contributed by atoms with E-state index in [0.29, 0.717) is 22.2 Å². The van der Waals surface area contributed by atoms with Crippen molar-refractivity contribution in [3.63, 3.8) is 0 Å².